The summed E-state index contributed by atoms with van der Waals surface area (Å²) in [6.07, 6.45) is 4.34. The van der Waals surface area contributed by atoms with Gasteiger partial charge in [-0.1, -0.05) is 40.9 Å². The summed E-state index contributed by atoms with van der Waals surface area (Å²) in [5.41, 5.74) is 2.21. The number of aliphatic hydroxyl groups is 1. The molecule has 1 aliphatic rings. The molecule has 1 aromatic rings. The molecule has 0 saturated carbocycles. The van der Waals surface area contributed by atoms with Gasteiger partial charge in [-0.25, -0.2) is 0 Å². The molecule has 3 heteroatoms. The van der Waals surface area contributed by atoms with Gasteiger partial charge in [0, 0.05) is 10.5 Å². The van der Waals surface area contributed by atoms with E-state index in [1.807, 2.05) is 6.07 Å². The Morgan fingerprint density at radius 3 is 2.94 bits per heavy atom. The second-order valence-electron chi connectivity index (χ2n) is 4.88. The highest BCUT2D eigenvalue weighted by molar-refractivity contribution is 9.10. The van der Waals surface area contributed by atoms with E-state index in [0.29, 0.717) is 0 Å². The summed E-state index contributed by atoms with van der Waals surface area (Å²) >= 11 is 3.55. The second kappa shape index (κ2) is 5.98. The van der Waals surface area contributed by atoms with Gasteiger partial charge in [0.1, 0.15) is 0 Å². The minimum Gasteiger partial charge on any atom is -0.387 e. The summed E-state index contributed by atoms with van der Waals surface area (Å²) < 4.78 is 1.01. The van der Waals surface area contributed by atoms with Crippen LogP contribution in [0.5, 0.6) is 0 Å². The molecule has 2 N–H and O–H groups in total. The van der Waals surface area contributed by atoms with Gasteiger partial charge in [-0.2, -0.15) is 0 Å². The standard InChI is InChI=1S/C14H20BrNO/c1-10-6-7-11(12(15)9-10)14(17)13-5-3-2-4-8-16-13/h6-7,9,13-14,16-17H,2-5,8H2,1H3. The van der Waals surface area contributed by atoms with Crippen molar-refractivity contribution in [2.45, 2.75) is 44.8 Å². The molecule has 0 spiro atoms. The first-order chi connectivity index (χ1) is 8.18. The molecule has 2 atom stereocenters. The molecule has 0 amide bonds. The Bertz CT molecular complexity index is 372. The van der Waals surface area contributed by atoms with Gasteiger partial charge in [-0.15, -0.1) is 0 Å². The molecular weight excluding hydrogens is 278 g/mol. The minimum atomic E-state index is -0.414. The summed E-state index contributed by atoms with van der Waals surface area (Å²) in [5, 5.41) is 13.9. The van der Waals surface area contributed by atoms with Crippen LogP contribution in [-0.4, -0.2) is 17.7 Å². The molecular formula is C14H20BrNO. The van der Waals surface area contributed by atoms with Crippen molar-refractivity contribution in [3.63, 3.8) is 0 Å². The third-order valence-corrected chi connectivity index (χ3v) is 4.14. The number of aryl methyl sites for hydroxylation is 1. The number of aliphatic hydroxyl groups excluding tert-OH is 1. The average Bonchev–Trinajstić information content (AvgIpc) is 2.56. The van der Waals surface area contributed by atoms with E-state index in [9.17, 15) is 5.11 Å². The van der Waals surface area contributed by atoms with Gasteiger partial charge in [0.05, 0.1) is 6.10 Å². The van der Waals surface area contributed by atoms with E-state index in [1.54, 1.807) is 0 Å². The van der Waals surface area contributed by atoms with Crippen LogP contribution in [0.25, 0.3) is 0 Å². The summed E-state index contributed by atoms with van der Waals surface area (Å²) in [7, 11) is 0. The van der Waals surface area contributed by atoms with Crippen LogP contribution >= 0.6 is 15.9 Å². The second-order valence-corrected chi connectivity index (χ2v) is 5.73. The molecule has 0 aromatic heterocycles. The van der Waals surface area contributed by atoms with Crippen molar-refractivity contribution in [3.05, 3.63) is 33.8 Å². The molecule has 1 aliphatic heterocycles. The Kier molecular flexibility index (Phi) is 4.60. The maximum absolute atomic E-state index is 10.4. The van der Waals surface area contributed by atoms with E-state index >= 15 is 0 Å². The van der Waals surface area contributed by atoms with Crippen molar-refractivity contribution in [1.82, 2.24) is 5.32 Å². The number of hydrogen-bond acceptors (Lipinski definition) is 2. The van der Waals surface area contributed by atoms with E-state index in [2.05, 4.69) is 40.3 Å². The quantitative estimate of drug-likeness (QED) is 0.878. The first kappa shape index (κ1) is 13.1. The number of halogens is 1. The lowest BCUT2D eigenvalue weighted by atomic mass is 9.98. The monoisotopic (exact) mass is 297 g/mol. The molecule has 17 heavy (non-hydrogen) atoms. The molecule has 1 heterocycles. The molecule has 2 nitrogen and oxygen atoms in total. The van der Waals surface area contributed by atoms with Crippen molar-refractivity contribution >= 4 is 15.9 Å². The number of rotatable bonds is 2. The largest absolute Gasteiger partial charge is 0.387 e. The van der Waals surface area contributed by atoms with Crippen molar-refractivity contribution in [3.8, 4) is 0 Å². The molecule has 2 unspecified atom stereocenters. The van der Waals surface area contributed by atoms with Gasteiger partial charge < -0.3 is 10.4 Å². The lowest BCUT2D eigenvalue weighted by Crippen LogP contribution is -2.34. The van der Waals surface area contributed by atoms with E-state index < -0.39 is 6.10 Å². The van der Waals surface area contributed by atoms with Crippen molar-refractivity contribution < 1.29 is 5.11 Å². The molecule has 0 bridgehead atoms. The molecule has 1 fully saturated rings. The lowest BCUT2D eigenvalue weighted by Gasteiger charge is -2.23. The van der Waals surface area contributed by atoms with E-state index in [-0.39, 0.29) is 6.04 Å². The SMILES string of the molecule is Cc1ccc(C(O)C2CCCCCN2)c(Br)c1. The molecule has 1 saturated heterocycles. The zero-order valence-corrected chi connectivity index (χ0v) is 11.8. The van der Waals surface area contributed by atoms with Gasteiger partial charge >= 0.3 is 0 Å². The number of nitrogens with one attached hydrogen (secondary N) is 1. The van der Waals surface area contributed by atoms with Crippen LogP contribution < -0.4 is 5.32 Å². The number of hydrogen-bond donors (Lipinski definition) is 2. The maximum atomic E-state index is 10.4. The van der Waals surface area contributed by atoms with Crippen molar-refractivity contribution in [1.29, 1.82) is 0 Å². The highest BCUT2D eigenvalue weighted by atomic mass is 79.9. The zero-order valence-electron chi connectivity index (χ0n) is 10.2. The Balaban J connectivity index is 2.14. The zero-order chi connectivity index (χ0) is 12.3. The van der Waals surface area contributed by atoms with Crippen LogP contribution in [0.3, 0.4) is 0 Å². The third kappa shape index (κ3) is 3.30. The molecule has 1 aromatic carbocycles. The Morgan fingerprint density at radius 1 is 1.35 bits per heavy atom. The summed E-state index contributed by atoms with van der Waals surface area (Å²) in [5.74, 6) is 0. The van der Waals surface area contributed by atoms with Crippen LogP contribution in [0.2, 0.25) is 0 Å². The minimum absolute atomic E-state index is 0.191. The summed E-state index contributed by atoms with van der Waals surface area (Å²) in [6.45, 7) is 3.08. The highest BCUT2D eigenvalue weighted by Crippen LogP contribution is 2.29. The van der Waals surface area contributed by atoms with E-state index in [4.69, 9.17) is 0 Å². The predicted octanol–water partition coefficient (Wildman–Crippen LogP) is 3.32. The van der Waals surface area contributed by atoms with Crippen molar-refractivity contribution in [2.24, 2.45) is 0 Å². The first-order valence-corrected chi connectivity index (χ1v) is 7.15. The Morgan fingerprint density at radius 2 is 2.18 bits per heavy atom. The third-order valence-electron chi connectivity index (χ3n) is 3.45. The summed E-state index contributed by atoms with van der Waals surface area (Å²) in [6, 6.07) is 6.34. The van der Waals surface area contributed by atoms with E-state index in [1.165, 1.54) is 24.8 Å². The molecule has 2 rings (SSSR count). The smallest absolute Gasteiger partial charge is 0.0953 e. The lowest BCUT2D eigenvalue weighted by molar-refractivity contribution is 0.125. The normalized spacial score (nSPS) is 23.1. The van der Waals surface area contributed by atoms with Crippen LogP contribution in [0.4, 0.5) is 0 Å². The number of benzene rings is 1. The van der Waals surface area contributed by atoms with Gasteiger partial charge in [0.15, 0.2) is 0 Å². The molecule has 94 valence electrons. The topological polar surface area (TPSA) is 32.3 Å². The van der Waals surface area contributed by atoms with Crippen LogP contribution in [0, 0.1) is 6.92 Å². The van der Waals surface area contributed by atoms with Crippen molar-refractivity contribution in [2.75, 3.05) is 6.54 Å². The van der Waals surface area contributed by atoms with Crippen LogP contribution in [0.1, 0.15) is 42.9 Å². The predicted molar refractivity (Wildman–Crippen MR) is 74.1 cm³/mol. The first-order valence-electron chi connectivity index (χ1n) is 6.36. The van der Waals surface area contributed by atoms with Crippen LogP contribution in [0.15, 0.2) is 22.7 Å². The average molecular weight is 298 g/mol. The fourth-order valence-corrected chi connectivity index (χ4v) is 3.14. The van der Waals surface area contributed by atoms with Gasteiger partial charge in [0.2, 0.25) is 0 Å². The van der Waals surface area contributed by atoms with Gasteiger partial charge in [0.25, 0.3) is 0 Å². The maximum Gasteiger partial charge on any atom is 0.0953 e. The van der Waals surface area contributed by atoms with Crippen LogP contribution in [-0.2, 0) is 0 Å². The van der Waals surface area contributed by atoms with Gasteiger partial charge in [-0.3, -0.25) is 0 Å². The molecule has 0 aliphatic carbocycles. The fraction of sp³-hybridized carbons (Fsp3) is 0.571. The fourth-order valence-electron chi connectivity index (χ4n) is 2.41. The van der Waals surface area contributed by atoms with Gasteiger partial charge in [-0.05, 0) is 43.5 Å². The molecule has 0 radical (unpaired) electrons. The Hall–Kier alpha value is -0.380. The highest BCUT2D eigenvalue weighted by Gasteiger charge is 2.23. The van der Waals surface area contributed by atoms with E-state index in [0.717, 1.165) is 23.0 Å². The summed E-state index contributed by atoms with van der Waals surface area (Å²) in [4.78, 5) is 0. The Labute approximate surface area is 112 Å².